The van der Waals surface area contributed by atoms with Crippen molar-refractivity contribution in [2.24, 2.45) is 4.99 Å². The third-order valence-corrected chi connectivity index (χ3v) is 5.49. The van der Waals surface area contributed by atoms with E-state index in [0.717, 1.165) is 62.1 Å². The number of phenolic OH excluding ortho intramolecular Hbond substituents is 1. The van der Waals surface area contributed by atoms with Crippen molar-refractivity contribution in [2.45, 2.75) is 20.3 Å². The lowest BCUT2D eigenvalue weighted by molar-refractivity contribution is 0.370. The van der Waals surface area contributed by atoms with E-state index in [-0.39, 0.29) is 24.0 Å². The second-order valence-electron chi connectivity index (χ2n) is 7.60. The summed E-state index contributed by atoms with van der Waals surface area (Å²) in [4.78, 5) is 14.1. The van der Waals surface area contributed by atoms with Gasteiger partial charge in [0.15, 0.2) is 5.96 Å². The van der Waals surface area contributed by atoms with Crippen LogP contribution in [-0.4, -0.2) is 64.6 Å². The molecule has 3 aromatic rings. The van der Waals surface area contributed by atoms with Gasteiger partial charge < -0.3 is 24.6 Å². The van der Waals surface area contributed by atoms with Gasteiger partial charge >= 0.3 is 0 Å². The van der Waals surface area contributed by atoms with Crippen LogP contribution in [0.2, 0.25) is 0 Å². The second kappa shape index (κ2) is 10.7. The number of nitrogens with zero attached hydrogens (tertiary/aromatic N) is 5. The van der Waals surface area contributed by atoms with Gasteiger partial charge in [0, 0.05) is 58.1 Å². The first-order valence-electron chi connectivity index (χ1n) is 10.6. The maximum atomic E-state index is 10.1. The number of piperazine rings is 1. The van der Waals surface area contributed by atoms with Gasteiger partial charge in [0.25, 0.3) is 0 Å². The Hall–Kier alpha value is -2.49. The summed E-state index contributed by atoms with van der Waals surface area (Å²) >= 11 is 0. The fraction of sp³-hybridized carbons (Fsp3) is 0.391. The number of guanidine groups is 1. The summed E-state index contributed by atoms with van der Waals surface area (Å²) in [5.74, 6) is 1.29. The number of imidazole rings is 1. The fourth-order valence-electron chi connectivity index (χ4n) is 3.92. The van der Waals surface area contributed by atoms with E-state index in [1.54, 1.807) is 6.07 Å². The minimum atomic E-state index is 0. The molecule has 7 nitrogen and oxygen atoms in total. The zero-order valence-corrected chi connectivity index (χ0v) is 20.5. The second-order valence-corrected chi connectivity index (χ2v) is 7.60. The number of fused-ring (bicyclic) bond motifs is 1. The number of phenols is 1. The first-order valence-corrected chi connectivity index (χ1v) is 10.6. The minimum absolute atomic E-state index is 0. The first-order chi connectivity index (χ1) is 14.7. The summed E-state index contributed by atoms with van der Waals surface area (Å²) < 4.78 is 2.08. The smallest absolute Gasteiger partial charge is 0.194 e. The van der Waals surface area contributed by atoms with Gasteiger partial charge in [0.05, 0.1) is 11.4 Å². The zero-order valence-electron chi connectivity index (χ0n) is 18.2. The summed E-state index contributed by atoms with van der Waals surface area (Å²) in [7, 11) is 0. The molecule has 2 N–H and O–H groups in total. The van der Waals surface area contributed by atoms with Gasteiger partial charge in [-0.1, -0.05) is 18.2 Å². The molecule has 0 unspecified atom stereocenters. The molecule has 1 fully saturated rings. The molecule has 4 rings (SSSR count). The topological polar surface area (TPSA) is 68.4 Å². The number of hydrogen-bond donors (Lipinski definition) is 2. The predicted octanol–water partition coefficient (Wildman–Crippen LogP) is 3.30. The van der Waals surface area contributed by atoms with E-state index in [1.807, 2.05) is 30.5 Å². The molecule has 31 heavy (non-hydrogen) atoms. The summed E-state index contributed by atoms with van der Waals surface area (Å²) in [6.45, 7) is 9.17. The number of anilines is 1. The van der Waals surface area contributed by atoms with Crippen molar-refractivity contribution in [1.82, 2.24) is 19.6 Å². The molecule has 0 atom stereocenters. The van der Waals surface area contributed by atoms with E-state index in [0.29, 0.717) is 12.3 Å². The quantitative estimate of drug-likeness (QED) is 0.299. The van der Waals surface area contributed by atoms with E-state index < -0.39 is 0 Å². The van der Waals surface area contributed by atoms with Crippen molar-refractivity contribution in [3.05, 3.63) is 60.0 Å². The number of aromatic nitrogens is 2. The summed E-state index contributed by atoms with van der Waals surface area (Å²) in [6, 6.07) is 11.7. The average molecular weight is 534 g/mol. The molecule has 0 saturated carbocycles. The fourth-order valence-corrected chi connectivity index (χ4v) is 3.92. The molecule has 0 amide bonds. The zero-order chi connectivity index (χ0) is 20.9. The number of para-hydroxylation sites is 2. The summed E-state index contributed by atoms with van der Waals surface area (Å²) in [5.41, 5.74) is 4.17. The standard InChI is InChI=1S/C23H30N6O.HI/c1-3-24-23(25-11-10-19-17-29-12-6-7-18(2)22(29)26-19)28-15-13-27(14-16-28)20-8-4-5-9-21(20)30;/h4-9,12,17,30H,3,10-11,13-16H2,1-2H3,(H,24,25);1H. The molecule has 1 aliphatic heterocycles. The molecule has 0 spiro atoms. The van der Waals surface area contributed by atoms with E-state index in [1.165, 1.54) is 5.56 Å². The number of rotatable bonds is 5. The van der Waals surface area contributed by atoms with Gasteiger partial charge in [-0.05, 0) is 37.6 Å². The Labute approximate surface area is 200 Å². The third-order valence-electron chi connectivity index (χ3n) is 5.49. The highest BCUT2D eigenvalue weighted by molar-refractivity contribution is 14.0. The number of nitrogens with one attached hydrogen (secondary N) is 1. The van der Waals surface area contributed by atoms with Crippen molar-refractivity contribution in [3.8, 4) is 5.75 Å². The molecular formula is C23H31IN6O. The van der Waals surface area contributed by atoms with E-state index >= 15 is 0 Å². The number of pyridine rings is 1. The maximum absolute atomic E-state index is 10.1. The van der Waals surface area contributed by atoms with Crippen LogP contribution in [0.4, 0.5) is 5.69 Å². The lowest BCUT2D eigenvalue weighted by Gasteiger charge is -2.37. The highest BCUT2D eigenvalue weighted by Gasteiger charge is 2.21. The first kappa shape index (κ1) is 23.2. The van der Waals surface area contributed by atoms with Gasteiger partial charge in [-0.15, -0.1) is 24.0 Å². The number of aryl methyl sites for hydroxylation is 1. The summed E-state index contributed by atoms with van der Waals surface area (Å²) in [5, 5.41) is 13.5. The van der Waals surface area contributed by atoms with Crippen molar-refractivity contribution < 1.29 is 5.11 Å². The molecular weight excluding hydrogens is 503 g/mol. The Kier molecular flexibility index (Phi) is 8.00. The molecule has 8 heteroatoms. The molecule has 0 bridgehead atoms. The third kappa shape index (κ3) is 5.41. The molecule has 3 heterocycles. The largest absolute Gasteiger partial charge is 0.506 e. The Morgan fingerprint density at radius 1 is 1.13 bits per heavy atom. The predicted molar refractivity (Wildman–Crippen MR) is 137 cm³/mol. The van der Waals surface area contributed by atoms with Gasteiger partial charge in [0.2, 0.25) is 0 Å². The normalized spacial score (nSPS) is 14.6. The van der Waals surface area contributed by atoms with Crippen LogP contribution >= 0.6 is 24.0 Å². The van der Waals surface area contributed by atoms with Gasteiger partial charge in [-0.2, -0.15) is 0 Å². The van der Waals surface area contributed by atoms with Crippen LogP contribution < -0.4 is 10.2 Å². The van der Waals surface area contributed by atoms with Crippen LogP contribution in [-0.2, 0) is 6.42 Å². The van der Waals surface area contributed by atoms with Crippen molar-refractivity contribution in [1.29, 1.82) is 0 Å². The average Bonchev–Trinajstić information content (AvgIpc) is 3.18. The molecule has 1 aliphatic rings. The summed E-state index contributed by atoms with van der Waals surface area (Å²) in [6.07, 6.45) is 4.94. The van der Waals surface area contributed by atoms with Crippen molar-refractivity contribution in [2.75, 3.05) is 44.2 Å². The van der Waals surface area contributed by atoms with Gasteiger partial charge in [-0.25, -0.2) is 4.98 Å². The van der Waals surface area contributed by atoms with E-state index in [9.17, 15) is 5.11 Å². The lowest BCUT2D eigenvalue weighted by Crippen LogP contribution is -2.52. The van der Waals surface area contributed by atoms with Crippen LogP contribution in [0.1, 0.15) is 18.2 Å². The van der Waals surface area contributed by atoms with E-state index in [2.05, 4.69) is 45.6 Å². The number of halogens is 1. The van der Waals surface area contributed by atoms with Crippen LogP contribution in [0.15, 0.2) is 53.8 Å². The van der Waals surface area contributed by atoms with E-state index in [4.69, 9.17) is 9.98 Å². The monoisotopic (exact) mass is 534 g/mol. The van der Waals surface area contributed by atoms with Crippen molar-refractivity contribution >= 4 is 41.3 Å². The highest BCUT2D eigenvalue weighted by atomic mass is 127. The van der Waals surface area contributed by atoms with Crippen LogP contribution in [0.25, 0.3) is 5.65 Å². The van der Waals surface area contributed by atoms with Crippen LogP contribution in [0, 0.1) is 6.92 Å². The molecule has 1 saturated heterocycles. The van der Waals surface area contributed by atoms with Crippen molar-refractivity contribution in [3.63, 3.8) is 0 Å². The Morgan fingerprint density at radius 3 is 2.61 bits per heavy atom. The molecule has 0 radical (unpaired) electrons. The number of benzene rings is 1. The minimum Gasteiger partial charge on any atom is -0.506 e. The SMILES string of the molecule is CCNC(=NCCc1cn2cccc(C)c2n1)N1CCN(c2ccccc2O)CC1.I. The Bertz CT molecular complexity index is 1030. The van der Waals surface area contributed by atoms with Crippen LogP contribution in [0.3, 0.4) is 0 Å². The Balaban J connectivity index is 0.00000272. The number of aromatic hydroxyl groups is 1. The lowest BCUT2D eigenvalue weighted by atomic mass is 10.2. The van der Waals surface area contributed by atoms with Gasteiger partial charge in [-0.3, -0.25) is 4.99 Å². The molecule has 1 aromatic carbocycles. The highest BCUT2D eigenvalue weighted by Crippen LogP contribution is 2.27. The maximum Gasteiger partial charge on any atom is 0.194 e. The number of hydrogen-bond acceptors (Lipinski definition) is 4. The molecule has 166 valence electrons. The molecule has 2 aromatic heterocycles. The molecule has 0 aliphatic carbocycles. The van der Waals surface area contributed by atoms with Crippen LogP contribution in [0.5, 0.6) is 5.75 Å². The Morgan fingerprint density at radius 2 is 1.90 bits per heavy atom. The number of aliphatic imine (C=N–C) groups is 1. The van der Waals surface area contributed by atoms with Gasteiger partial charge in [0.1, 0.15) is 11.4 Å².